The molecule has 5 heteroatoms. The van der Waals surface area contributed by atoms with Crippen molar-refractivity contribution in [3.63, 3.8) is 0 Å². The Kier molecular flexibility index (Phi) is 4.79. The van der Waals surface area contributed by atoms with E-state index in [-0.39, 0.29) is 0 Å². The molecule has 4 nitrogen and oxygen atoms in total. The lowest BCUT2D eigenvalue weighted by atomic mass is 10.2. The molecule has 0 aliphatic carbocycles. The Hall–Kier alpha value is -1.81. The lowest BCUT2D eigenvalue weighted by molar-refractivity contribution is 0.758. The van der Waals surface area contributed by atoms with E-state index in [1.807, 2.05) is 31.2 Å². The van der Waals surface area contributed by atoms with E-state index in [4.69, 9.17) is 11.6 Å². The normalized spacial score (nSPS) is 12.0. The zero-order valence-electron chi connectivity index (χ0n) is 11.9. The van der Waals surface area contributed by atoms with Crippen LogP contribution >= 0.6 is 11.6 Å². The van der Waals surface area contributed by atoms with Crippen LogP contribution in [-0.2, 0) is 0 Å². The molecule has 0 spiro atoms. The Morgan fingerprint density at radius 3 is 2.65 bits per heavy atom. The first-order valence-electron chi connectivity index (χ1n) is 6.70. The van der Waals surface area contributed by atoms with Gasteiger partial charge in [-0.15, -0.1) is 0 Å². The van der Waals surface area contributed by atoms with Gasteiger partial charge in [0.05, 0.1) is 0 Å². The lowest BCUT2D eigenvalue weighted by Crippen LogP contribution is -2.14. The number of rotatable bonds is 5. The van der Waals surface area contributed by atoms with Gasteiger partial charge in [-0.3, -0.25) is 0 Å². The second kappa shape index (κ2) is 6.57. The summed E-state index contributed by atoms with van der Waals surface area (Å²) in [6.07, 6.45) is 2.60. The molecule has 1 aromatic heterocycles. The van der Waals surface area contributed by atoms with Gasteiger partial charge < -0.3 is 10.6 Å². The molecule has 1 aromatic carbocycles. The maximum atomic E-state index is 5.95. The number of halogens is 1. The molecule has 0 aliphatic heterocycles. The van der Waals surface area contributed by atoms with Gasteiger partial charge in [0, 0.05) is 22.8 Å². The molecule has 0 amide bonds. The molecule has 1 heterocycles. The maximum absolute atomic E-state index is 5.95. The standard InChI is InChI=1S/C15H19ClN4/c1-4-11(3)19-14-8-15(18-9-17-14)20-13-6-5-12(16)7-10(13)2/h5-9,11H,4H2,1-3H3,(H2,17,18,19,20). The fourth-order valence-corrected chi connectivity index (χ4v) is 1.99. The molecule has 0 radical (unpaired) electrons. The molecule has 2 N–H and O–H groups in total. The fraction of sp³-hybridized carbons (Fsp3) is 0.333. The molecular weight excluding hydrogens is 272 g/mol. The van der Waals surface area contributed by atoms with Crippen molar-refractivity contribution in [2.45, 2.75) is 33.2 Å². The van der Waals surface area contributed by atoms with Crippen molar-refractivity contribution in [2.24, 2.45) is 0 Å². The topological polar surface area (TPSA) is 49.8 Å². The molecule has 1 unspecified atom stereocenters. The van der Waals surface area contributed by atoms with Crippen molar-refractivity contribution in [2.75, 3.05) is 10.6 Å². The summed E-state index contributed by atoms with van der Waals surface area (Å²) in [4.78, 5) is 8.46. The van der Waals surface area contributed by atoms with E-state index < -0.39 is 0 Å². The van der Waals surface area contributed by atoms with Crippen molar-refractivity contribution in [1.29, 1.82) is 0 Å². The Morgan fingerprint density at radius 2 is 1.95 bits per heavy atom. The molecule has 20 heavy (non-hydrogen) atoms. The molecule has 0 bridgehead atoms. The first-order valence-corrected chi connectivity index (χ1v) is 7.08. The summed E-state index contributed by atoms with van der Waals surface area (Å²) in [5.41, 5.74) is 2.06. The number of aromatic nitrogens is 2. The molecular formula is C15H19ClN4. The van der Waals surface area contributed by atoms with E-state index in [9.17, 15) is 0 Å². The van der Waals surface area contributed by atoms with Gasteiger partial charge in [0.2, 0.25) is 0 Å². The molecule has 0 aliphatic rings. The predicted octanol–water partition coefficient (Wildman–Crippen LogP) is 4.39. The highest BCUT2D eigenvalue weighted by Gasteiger charge is 2.04. The maximum Gasteiger partial charge on any atom is 0.135 e. The molecule has 0 fully saturated rings. The second-order valence-electron chi connectivity index (χ2n) is 4.83. The van der Waals surface area contributed by atoms with Gasteiger partial charge in [0.15, 0.2) is 0 Å². The van der Waals surface area contributed by atoms with Gasteiger partial charge in [-0.2, -0.15) is 0 Å². The first kappa shape index (κ1) is 14.6. The van der Waals surface area contributed by atoms with Crippen LogP contribution in [0.5, 0.6) is 0 Å². The monoisotopic (exact) mass is 290 g/mol. The average Bonchev–Trinajstić information content (AvgIpc) is 2.42. The molecule has 0 saturated heterocycles. The van der Waals surface area contributed by atoms with Gasteiger partial charge in [0.25, 0.3) is 0 Å². The summed E-state index contributed by atoms with van der Waals surface area (Å²) in [5, 5.41) is 7.34. The fourth-order valence-electron chi connectivity index (χ4n) is 1.76. The zero-order chi connectivity index (χ0) is 14.5. The largest absolute Gasteiger partial charge is 0.367 e. The van der Waals surface area contributed by atoms with E-state index in [0.717, 1.165) is 34.3 Å². The lowest BCUT2D eigenvalue weighted by Gasteiger charge is -2.13. The van der Waals surface area contributed by atoms with Crippen LogP contribution < -0.4 is 10.6 Å². The van der Waals surface area contributed by atoms with E-state index >= 15 is 0 Å². The zero-order valence-corrected chi connectivity index (χ0v) is 12.7. The quantitative estimate of drug-likeness (QED) is 0.857. The SMILES string of the molecule is CCC(C)Nc1cc(Nc2ccc(Cl)cc2C)ncn1. The van der Waals surface area contributed by atoms with Crippen molar-refractivity contribution >= 4 is 28.9 Å². The first-order chi connectivity index (χ1) is 9.58. The van der Waals surface area contributed by atoms with Crippen molar-refractivity contribution in [3.05, 3.63) is 41.2 Å². The number of nitrogens with zero attached hydrogens (tertiary/aromatic N) is 2. The van der Waals surface area contributed by atoms with Crippen molar-refractivity contribution < 1.29 is 0 Å². The third-order valence-electron chi connectivity index (χ3n) is 3.12. The van der Waals surface area contributed by atoms with Crippen LogP contribution in [0.4, 0.5) is 17.3 Å². The van der Waals surface area contributed by atoms with Crippen LogP contribution in [0, 0.1) is 6.92 Å². The van der Waals surface area contributed by atoms with E-state index in [1.54, 1.807) is 6.33 Å². The highest BCUT2D eigenvalue weighted by atomic mass is 35.5. The van der Waals surface area contributed by atoms with E-state index in [2.05, 4.69) is 34.4 Å². The van der Waals surface area contributed by atoms with Crippen LogP contribution in [0.15, 0.2) is 30.6 Å². The highest BCUT2D eigenvalue weighted by molar-refractivity contribution is 6.30. The number of anilines is 3. The third-order valence-corrected chi connectivity index (χ3v) is 3.36. The Bertz CT molecular complexity index is 586. The Balaban J connectivity index is 2.15. The minimum absolute atomic E-state index is 0.384. The number of hydrogen-bond donors (Lipinski definition) is 2. The molecule has 1 atom stereocenters. The van der Waals surface area contributed by atoms with Gasteiger partial charge in [0.1, 0.15) is 18.0 Å². The van der Waals surface area contributed by atoms with E-state index in [1.165, 1.54) is 0 Å². The van der Waals surface area contributed by atoms with Gasteiger partial charge >= 0.3 is 0 Å². The Morgan fingerprint density at radius 1 is 1.20 bits per heavy atom. The Labute approximate surface area is 124 Å². The molecule has 0 saturated carbocycles. The van der Waals surface area contributed by atoms with Crippen LogP contribution in [0.1, 0.15) is 25.8 Å². The highest BCUT2D eigenvalue weighted by Crippen LogP contribution is 2.23. The predicted molar refractivity (Wildman–Crippen MR) is 84.9 cm³/mol. The van der Waals surface area contributed by atoms with Gasteiger partial charge in [-0.25, -0.2) is 9.97 Å². The average molecular weight is 291 g/mol. The summed E-state index contributed by atoms with van der Waals surface area (Å²) in [6.45, 7) is 6.27. The van der Waals surface area contributed by atoms with Gasteiger partial charge in [-0.05, 0) is 44.0 Å². The van der Waals surface area contributed by atoms with Gasteiger partial charge in [-0.1, -0.05) is 18.5 Å². The third kappa shape index (κ3) is 3.84. The summed E-state index contributed by atoms with van der Waals surface area (Å²) >= 11 is 5.95. The van der Waals surface area contributed by atoms with Crippen LogP contribution in [0.25, 0.3) is 0 Å². The summed E-state index contributed by atoms with van der Waals surface area (Å²) in [7, 11) is 0. The van der Waals surface area contributed by atoms with Crippen LogP contribution in [0.3, 0.4) is 0 Å². The van der Waals surface area contributed by atoms with Crippen molar-refractivity contribution in [3.8, 4) is 0 Å². The van der Waals surface area contributed by atoms with Crippen LogP contribution in [-0.4, -0.2) is 16.0 Å². The summed E-state index contributed by atoms with van der Waals surface area (Å²) < 4.78 is 0. The summed E-state index contributed by atoms with van der Waals surface area (Å²) in [5.74, 6) is 1.58. The van der Waals surface area contributed by atoms with E-state index in [0.29, 0.717) is 6.04 Å². The molecule has 2 rings (SSSR count). The number of benzene rings is 1. The number of aryl methyl sites for hydroxylation is 1. The second-order valence-corrected chi connectivity index (χ2v) is 5.26. The molecule has 106 valence electrons. The van der Waals surface area contributed by atoms with Crippen molar-refractivity contribution in [1.82, 2.24) is 9.97 Å². The molecule has 2 aromatic rings. The van der Waals surface area contributed by atoms with Crippen LogP contribution in [0.2, 0.25) is 5.02 Å². The number of hydrogen-bond acceptors (Lipinski definition) is 4. The minimum Gasteiger partial charge on any atom is -0.367 e. The smallest absolute Gasteiger partial charge is 0.135 e. The minimum atomic E-state index is 0.384. The number of nitrogens with one attached hydrogen (secondary N) is 2. The summed E-state index contributed by atoms with van der Waals surface area (Å²) in [6, 6.07) is 8.01.